The Morgan fingerprint density at radius 3 is 2.50 bits per heavy atom. The number of amides is 1. The van der Waals surface area contributed by atoms with Gasteiger partial charge in [0.2, 0.25) is 5.82 Å². The molecule has 0 atom stereocenters. The first-order valence-electron chi connectivity index (χ1n) is 15.1. The molecule has 1 aliphatic heterocycles. The topological polar surface area (TPSA) is 173 Å². The number of carbonyl (C=O) groups excluding carboxylic acids is 1. The van der Waals surface area contributed by atoms with Gasteiger partial charge in [0.1, 0.15) is 34.6 Å². The van der Waals surface area contributed by atoms with Gasteiger partial charge >= 0.3 is 6.09 Å². The van der Waals surface area contributed by atoms with Crippen LogP contribution in [0.1, 0.15) is 45.0 Å². The van der Waals surface area contributed by atoms with Gasteiger partial charge in [-0.1, -0.05) is 12.1 Å². The molecule has 4 N–H and O–H groups in total. The highest BCUT2D eigenvalue weighted by Gasteiger charge is 2.22. The van der Waals surface area contributed by atoms with Gasteiger partial charge in [0.25, 0.3) is 0 Å². The summed E-state index contributed by atoms with van der Waals surface area (Å²) in [6.07, 6.45) is 4.58. The first-order chi connectivity index (χ1) is 22.1. The second-order valence-corrected chi connectivity index (χ2v) is 12.1. The van der Waals surface area contributed by atoms with Gasteiger partial charge < -0.3 is 15.8 Å². The Hall–Kier alpha value is -5.61. The number of benzene rings is 1. The standard InChI is InChI=1S/C33H35N11O2/c1-33(2,3)46-32(45)42-26-11-10-25-31(41-26)44(30(39-25)24-5-4-15-37-29(24)35)23-8-6-21(7-9-23)20-43-17-13-22(14-18-43)38-27-12-16-36-28(19-34)40-27/h4-12,15-16,22H,13-14,17-18,20H2,1-3H3,(H2,35,37)(H,36,38,40)(H,41,42,45). The molecule has 5 aromatic rings. The maximum absolute atomic E-state index is 12.5. The van der Waals surface area contributed by atoms with Crippen molar-refractivity contribution in [3.8, 4) is 23.1 Å². The molecule has 13 nitrogen and oxygen atoms in total. The van der Waals surface area contributed by atoms with Crippen LogP contribution in [0.5, 0.6) is 0 Å². The van der Waals surface area contributed by atoms with E-state index >= 15 is 0 Å². The van der Waals surface area contributed by atoms with E-state index in [1.165, 1.54) is 5.56 Å². The normalized spacial score (nSPS) is 14.1. The minimum Gasteiger partial charge on any atom is -0.444 e. The Kier molecular flexibility index (Phi) is 8.45. The van der Waals surface area contributed by atoms with Gasteiger partial charge in [-0.25, -0.2) is 29.7 Å². The predicted molar refractivity (Wildman–Crippen MR) is 175 cm³/mol. The third kappa shape index (κ3) is 7.03. The fraction of sp³-hybridized carbons (Fsp3) is 0.303. The summed E-state index contributed by atoms with van der Waals surface area (Å²) in [5, 5.41) is 15.2. The van der Waals surface area contributed by atoms with Crippen molar-refractivity contribution in [1.29, 1.82) is 5.26 Å². The van der Waals surface area contributed by atoms with Crippen LogP contribution in [0.4, 0.5) is 22.2 Å². The van der Waals surface area contributed by atoms with Gasteiger partial charge in [-0.15, -0.1) is 0 Å². The first kappa shape index (κ1) is 30.4. The summed E-state index contributed by atoms with van der Waals surface area (Å²) in [6.45, 7) is 8.10. The van der Waals surface area contributed by atoms with Crippen molar-refractivity contribution < 1.29 is 9.53 Å². The molecule has 1 amide bonds. The SMILES string of the molecule is CC(C)(C)OC(=O)Nc1ccc2nc(-c3cccnc3N)n(-c3ccc(CN4CCC(Nc5ccnc(C#N)n5)CC4)cc3)c2n1. The van der Waals surface area contributed by atoms with Crippen LogP contribution in [0.2, 0.25) is 0 Å². The number of carbonyl (C=O) groups is 1. The maximum atomic E-state index is 12.5. The lowest BCUT2D eigenvalue weighted by Gasteiger charge is -2.32. The molecule has 0 radical (unpaired) electrons. The van der Waals surface area contributed by atoms with Crippen LogP contribution in [-0.2, 0) is 11.3 Å². The molecule has 0 saturated carbocycles. The molecule has 0 aliphatic carbocycles. The summed E-state index contributed by atoms with van der Waals surface area (Å²) in [5.74, 6) is 2.14. The second kappa shape index (κ2) is 12.8. The number of nitriles is 1. The Labute approximate surface area is 266 Å². The highest BCUT2D eigenvalue weighted by molar-refractivity contribution is 5.88. The summed E-state index contributed by atoms with van der Waals surface area (Å²) < 4.78 is 7.34. The number of hydrogen-bond donors (Lipinski definition) is 3. The van der Waals surface area contributed by atoms with Gasteiger partial charge in [0.15, 0.2) is 11.5 Å². The molecule has 1 fully saturated rings. The molecule has 0 bridgehead atoms. The average Bonchev–Trinajstić information content (AvgIpc) is 3.40. The van der Waals surface area contributed by atoms with E-state index in [0.29, 0.717) is 40.0 Å². The van der Waals surface area contributed by atoms with Gasteiger partial charge in [0, 0.05) is 43.8 Å². The minimum atomic E-state index is -0.643. The Balaban J connectivity index is 1.21. The van der Waals surface area contributed by atoms with Crippen molar-refractivity contribution in [2.75, 3.05) is 29.5 Å². The number of anilines is 3. The number of ether oxygens (including phenoxy) is 1. The van der Waals surface area contributed by atoms with Crippen LogP contribution in [0, 0.1) is 11.3 Å². The molecule has 6 rings (SSSR count). The number of hydrogen-bond acceptors (Lipinski definition) is 11. The number of likely N-dealkylation sites (tertiary alicyclic amines) is 1. The fourth-order valence-electron chi connectivity index (χ4n) is 5.41. The third-order valence-electron chi connectivity index (χ3n) is 7.51. The van der Waals surface area contributed by atoms with E-state index in [1.54, 1.807) is 45.3 Å². The maximum Gasteiger partial charge on any atom is 0.413 e. The first-order valence-corrected chi connectivity index (χ1v) is 15.1. The largest absolute Gasteiger partial charge is 0.444 e. The van der Waals surface area contributed by atoms with E-state index in [0.717, 1.165) is 38.2 Å². The summed E-state index contributed by atoms with van der Waals surface area (Å²) in [4.78, 5) is 37.0. The monoisotopic (exact) mass is 617 g/mol. The van der Waals surface area contributed by atoms with Gasteiger partial charge in [-0.2, -0.15) is 5.26 Å². The minimum absolute atomic E-state index is 0.166. The number of nitrogen functional groups attached to an aromatic ring is 1. The Morgan fingerprint density at radius 1 is 1.00 bits per heavy atom. The molecule has 1 saturated heterocycles. The van der Waals surface area contributed by atoms with Gasteiger partial charge in [-0.05, 0) is 81.6 Å². The molecular weight excluding hydrogens is 582 g/mol. The summed E-state index contributed by atoms with van der Waals surface area (Å²) in [6, 6.07) is 19.5. The van der Waals surface area contributed by atoms with E-state index in [-0.39, 0.29) is 11.9 Å². The van der Waals surface area contributed by atoms with Gasteiger partial charge in [-0.3, -0.25) is 14.8 Å². The number of pyridine rings is 2. The van der Waals surface area contributed by atoms with E-state index in [2.05, 4.69) is 42.6 Å². The zero-order chi connectivity index (χ0) is 32.3. The summed E-state index contributed by atoms with van der Waals surface area (Å²) >= 11 is 0. The molecule has 4 aromatic heterocycles. The van der Waals surface area contributed by atoms with Crippen LogP contribution in [0.3, 0.4) is 0 Å². The van der Waals surface area contributed by atoms with Crippen LogP contribution < -0.4 is 16.4 Å². The molecule has 1 aliphatic rings. The second-order valence-electron chi connectivity index (χ2n) is 12.1. The van der Waals surface area contributed by atoms with Crippen molar-refractivity contribution in [3.63, 3.8) is 0 Å². The molecular formula is C33H35N11O2. The number of nitrogens with zero attached hydrogens (tertiary/aromatic N) is 8. The number of imidazole rings is 1. The molecule has 13 heteroatoms. The lowest BCUT2D eigenvalue weighted by Crippen LogP contribution is -2.38. The van der Waals surface area contributed by atoms with Crippen molar-refractivity contribution in [1.82, 2.24) is 34.4 Å². The van der Waals surface area contributed by atoms with E-state index in [1.807, 2.05) is 41.0 Å². The van der Waals surface area contributed by atoms with Gasteiger partial charge in [0.05, 0.1) is 5.56 Å². The highest BCUT2D eigenvalue weighted by Crippen LogP contribution is 2.31. The molecule has 0 unspecified atom stereocenters. The number of nitrogens with one attached hydrogen (secondary N) is 2. The Morgan fingerprint density at radius 2 is 1.78 bits per heavy atom. The van der Waals surface area contributed by atoms with Crippen LogP contribution >= 0.6 is 0 Å². The lowest BCUT2D eigenvalue weighted by atomic mass is 10.0. The van der Waals surface area contributed by atoms with Crippen LogP contribution in [0.15, 0.2) is 67.0 Å². The molecule has 0 spiro atoms. The van der Waals surface area contributed by atoms with Crippen molar-refractivity contribution in [2.24, 2.45) is 0 Å². The van der Waals surface area contributed by atoms with Crippen LogP contribution in [0.25, 0.3) is 28.2 Å². The van der Waals surface area contributed by atoms with E-state index < -0.39 is 11.7 Å². The highest BCUT2D eigenvalue weighted by atomic mass is 16.6. The molecule has 46 heavy (non-hydrogen) atoms. The van der Waals surface area contributed by atoms with E-state index in [9.17, 15) is 4.79 Å². The molecule has 1 aromatic carbocycles. The van der Waals surface area contributed by atoms with Crippen LogP contribution in [-0.4, -0.2) is 65.2 Å². The number of fused-ring (bicyclic) bond motifs is 1. The number of nitrogens with two attached hydrogens (primary N) is 1. The molecule has 234 valence electrons. The Bertz CT molecular complexity index is 1900. The fourth-order valence-corrected chi connectivity index (χ4v) is 5.41. The number of aromatic nitrogens is 6. The van der Waals surface area contributed by atoms with Crippen molar-refractivity contribution in [2.45, 2.75) is 51.8 Å². The zero-order valence-electron chi connectivity index (χ0n) is 25.9. The van der Waals surface area contributed by atoms with E-state index in [4.69, 9.17) is 25.7 Å². The zero-order valence-corrected chi connectivity index (χ0v) is 25.9. The lowest BCUT2D eigenvalue weighted by molar-refractivity contribution is 0.0635. The quantitative estimate of drug-likeness (QED) is 0.220. The third-order valence-corrected chi connectivity index (χ3v) is 7.51. The van der Waals surface area contributed by atoms with Crippen molar-refractivity contribution >= 4 is 34.7 Å². The van der Waals surface area contributed by atoms with Crippen molar-refractivity contribution in [3.05, 3.63) is 78.4 Å². The smallest absolute Gasteiger partial charge is 0.413 e. The number of piperidine rings is 1. The predicted octanol–water partition coefficient (Wildman–Crippen LogP) is 5.15. The summed E-state index contributed by atoms with van der Waals surface area (Å²) in [5.41, 5.74) is 9.53. The molecule has 5 heterocycles. The summed E-state index contributed by atoms with van der Waals surface area (Å²) in [7, 11) is 0. The average molecular weight is 618 g/mol. The number of rotatable bonds is 7.